The van der Waals surface area contributed by atoms with Crippen LogP contribution in [0.25, 0.3) is 0 Å². The van der Waals surface area contributed by atoms with Crippen molar-refractivity contribution >= 4 is 5.97 Å². The summed E-state index contributed by atoms with van der Waals surface area (Å²) in [7, 11) is 0. The standard InChI is InChI=1S/C10H14N2O4/c1-3-15-8(13)7-11-9(16-12-7)10(2)4-5-14-6-10/h3-6H2,1-2H3. The Bertz CT molecular complexity index is 382. The summed E-state index contributed by atoms with van der Waals surface area (Å²) in [6.45, 7) is 5.21. The molecule has 6 nitrogen and oxygen atoms in total. The van der Waals surface area contributed by atoms with E-state index < -0.39 is 5.97 Å². The van der Waals surface area contributed by atoms with Crippen LogP contribution in [0.4, 0.5) is 0 Å². The van der Waals surface area contributed by atoms with Crippen LogP contribution in [-0.4, -0.2) is 35.9 Å². The lowest BCUT2D eigenvalue weighted by Gasteiger charge is -2.14. The number of aromatic nitrogens is 2. The normalized spacial score (nSPS) is 24.6. The number of carbonyl (C=O) groups is 1. The van der Waals surface area contributed by atoms with Crippen LogP contribution in [0.15, 0.2) is 4.52 Å². The molecule has 2 rings (SSSR count). The highest BCUT2D eigenvalue weighted by molar-refractivity contribution is 5.84. The molecular formula is C10H14N2O4. The average Bonchev–Trinajstić information content (AvgIpc) is 2.86. The summed E-state index contributed by atoms with van der Waals surface area (Å²) in [6.07, 6.45) is 0.817. The maximum Gasteiger partial charge on any atom is 0.379 e. The van der Waals surface area contributed by atoms with Gasteiger partial charge in [0.2, 0.25) is 5.89 Å². The highest BCUT2D eigenvalue weighted by Gasteiger charge is 2.37. The number of carbonyl (C=O) groups excluding carboxylic acids is 1. The largest absolute Gasteiger partial charge is 0.460 e. The predicted molar refractivity (Wildman–Crippen MR) is 53.0 cm³/mol. The molecule has 1 aromatic heterocycles. The molecule has 88 valence electrons. The zero-order chi connectivity index (χ0) is 11.6. The van der Waals surface area contributed by atoms with Gasteiger partial charge in [-0.2, -0.15) is 4.98 Å². The van der Waals surface area contributed by atoms with Gasteiger partial charge < -0.3 is 14.0 Å². The van der Waals surface area contributed by atoms with Gasteiger partial charge in [0.25, 0.3) is 5.82 Å². The molecule has 0 bridgehead atoms. The number of hydrogen-bond acceptors (Lipinski definition) is 6. The molecule has 1 aromatic rings. The van der Waals surface area contributed by atoms with Crippen LogP contribution in [0.5, 0.6) is 0 Å². The van der Waals surface area contributed by atoms with Crippen LogP contribution < -0.4 is 0 Å². The van der Waals surface area contributed by atoms with Crippen molar-refractivity contribution in [2.24, 2.45) is 0 Å². The quantitative estimate of drug-likeness (QED) is 0.713. The third kappa shape index (κ3) is 1.92. The first kappa shape index (κ1) is 11.1. The van der Waals surface area contributed by atoms with E-state index in [4.69, 9.17) is 14.0 Å². The summed E-state index contributed by atoms with van der Waals surface area (Å²) in [5.74, 6) is -0.141. The topological polar surface area (TPSA) is 74.5 Å². The molecule has 0 N–H and O–H groups in total. The first-order valence-corrected chi connectivity index (χ1v) is 5.25. The monoisotopic (exact) mass is 226 g/mol. The summed E-state index contributed by atoms with van der Waals surface area (Å²) >= 11 is 0. The molecule has 1 saturated heterocycles. The molecule has 1 aliphatic heterocycles. The molecule has 1 unspecified atom stereocenters. The Balaban J connectivity index is 2.16. The maximum absolute atomic E-state index is 11.3. The minimum Gasteiger partial charge on any atom is -0.460 e. The first-order chi connectivity index (χ1) is 7.65. The SMILES string of the molecule is CCOC(=O)c1noc(C2(C)CCOC2)n1. The second-order valence-corrected chi connectivity index (χ2v) is 4.01. The van der Waals surface area contributed by atoms with E-state index >= 15 is 0 Å². The third-order valence-electron chi connectivity index (χ3n) is 2.62. The summed E-state index contributed by atoms with van der Waals surface area (Å²) < 4.78 is 15.1. The lowest BCUT2D eigenvalue weighted by atomic mass is 9.90. The molecule has 16 heavy (non-hydrogen) atoms. The Labute approximate surface area is 92.9 Å². The van der Waals surface area contributed by atoms with E-state index in [1.807, 2.05) is 6.92 Å². The second kappa shape index (κ2) is 4.21. The second-order valence-electron chi connectivity index (χ2n) is 4.01. The van der Waals surface area contributed by atoms with Gasteiger partial charge in [-0.15, -0.1) is 0 Å². The highest BCUT2D eigenvalue weighted by atomic mass is 16.5. The summed E-state index contributed by atoms with van der Waals surface area (Å²) in [4.78, 5) is 15.4. The fourth-order valence-corrected chi connectivity index (χ4v) is 1.58. The van der Waals surface area contributed by atoms with Crippen molar-refractivity contribution < 1.29 is 18.8 Å². The average molecular weight is 226 g/mol. The zero-order valence-electron chi connectivity index (χ0n) is 9.36. The number of nitrogens with zero attached hydrogens (tertiary/aromatic N) is 2. The van der Waals surface area contributed by atoms with Crippen molar-refractivity contribution in [2.45, 2.75) is 25.7 Å². The number of esters is 1. The van der Waals surface area contributed by atoms with Crippen molar-refractivity contribution in [1.82, 2.24) is 10.1 Å². The van der Waals surface area contributed by atoms with E-state index in [0.717, 1.165) is 6.42 Å². The minimum absolute atomic E-state index is 0.0232. The van der Waals surface area contributed by atoms with Crippen LogP contribution in [-0.2, 0) is 14.9 Å². The van der Waals surface area contributed by atoms with E-state index in [2.05, 4.69) is 10.1 Å². The van der Waals surface area contributed by atoms with Gasteiger partial charge in [0.1, 0.15) is 0 Å². The van der Waals surface area contributed by atoms with Crippen LogP contribution >= 0.6 is 0 Å². The van der Waals surface area contributed by atoms with Gasteiger partial charge in [0.15, 0.2) is 0 Å². The van der Waals surface area contributed by atoms with Gasteiger partial charge >= 0.3 is 5.97 Å². The first-order valence-electron chi connectivity index (χ1n) is 5.25. The molecule has 0 amide bonds. The van der Waals surface area contributed by atoms with Gasteiger partial charge in [-0.3, -0.25) is 0 Å². The fourth-order valence-electron chi connectivity index (χ4n) is 1.58. The van der Waals surface area contributed by atoms with Crippen molar-refractivity contribution in [1.29, 1.82) is 0 Å². The molecule has 2 heterocycles. The van der Waals surface area contributed by atoms with Crippen LogP contribution in [0.2, 0.25) is 0 Å². The number of hydrogen-bond donors (Lipinski definition) is 0. The molecule has 1 atom stereocenters. The molecule has 6 heteroatoms. The number of ether oxygens (including phenoxy) is 2. The smallest absolute Gasteiger partial charge is 0.379 e. The van der Waals surface area contributed by atoms with Gasteiger partial charge in [-0.1, -0.05) is 0 Å². The molecule has 0 saturated carbocycles. The Morgan fingerprint density at radius 2 is 2.44 bits per heavy atom. The van der Waals surface area contributed by atoms with Crippen LogP contribution in [0, 0.1) is 0 Å². The van der Waals surface area contributed by atoms with E-state index in [9.17, 15) is 4.79 Å². The van der Waals surface area contributed by atoms with Crippen molar-refractivity contribution in [3.8, 4) is 0 Å². The summed E-state index contributed by atoms with van der Waals surface area (Å²) in [5.41, 5.74) is -0.280. The Morgan fingerprint density at radius 1 is 1.62 bits per heavy atom. The molecule has 1 fully saturated rings. The minimum atomic E-state index is -0.556. The molecule has 0 aliphatic carbocycles. The third-order valence-corrected chi connectivity index (χ3v) is 2.62. The lowest BCUT2D eigenvalue weighted by molar-refractivity contribution is 0.0508. The van der Waals surface area contributed by atoms with Gasteiger partial charge in [-0.25, -0.2) is 4.79 Å². The molecule has 1 aliphatic rings. The summed E-state index contributed by atoms with van der Waals surface area (Å²) in [5, 5.41) is 3.61. The highest BCUT2D eigenvalue weighted by Crippen LogP contribution is 2.31. The lowest BCUT2D eigenvalue weighted by Crippen LogP contribution is -2.22. The van der Waals surface area contributed by atoms with E-state index in [0.29, 0.717) is 25.7 Å². The molecule has 0 radical (unpaired) electrons. The van der Waals surface area contributed by atoms with E-state index in [1.165, 1.54) is 0 Å². The maximum atomic E-state index is 11.3. The van der Waals surface area contributed by atoms with E-state index in [-0.39, 0.29) is 11.2 Å². The fraction of sp³-hybridized carbons (Fsp3) is 0.700. The molecule has 0 aromatic carbocycles. The van der Waals surface area contributed by atoms with Gasteiger partial charge in [0, 0.05) is 6.61 Å². The molecule has 0 spiro atoms. The van der Waals surface area contributed by atoms with Crippen LogP contribution in [0.1, 0.15) is 36.8 Å². The summed E-state index contributed by atoms with van der Waals surface area (Å²) in [6, 6.07) is 0. The van der Waals surface area contributed by atoms with E-state index in [1.54, 1.807) is 6.92 Å². The van der Waals surface area contributed by atoms with Gasteiger partial charge in [-0.05, 0) is 25.4 Å². The zero-order valence-corrected chi connectivity index (χ0v) is 9.36. The van der Waals surface area contributed by atoms with Crippen molar-refractivity contribution in [2.75, 3.05) is 19.8 Å². The van der Waals surface area contributed by atoms with Crippen molar-refractivity contribution in [3.05, 3.63) is 11.7 Å². The van der Waals surface area contributed by atoms with Crippen LogP contribution in [0.3, 0.4) is 0 Å². The Kier molecular flexibility index (Phi) is 2.91. The molecular weight excluding hydrogens is 212 g/mol. The van der Waals surface area contributed by atoms with Crippen molar-refractivity contribution in [3.63, 3.8) is 0 Å². The van der Waals surface area contributed by atoms with Gasteiger partial charge in [0.05, 0.1) is 18.6 Å². The predicted octanol–water partition coefficient (Wildman–Crippen LogP) is 0.924. The number of rotatable bonds is 3. The Hall–Kier alpha value is -1.43. The Morgan fingerprint density at radius 3 is 3.06 bits per heavy atom.